The fourth-order valence-electron chi connectivity index (χ4n) is 0.981. The van der Waals surface area contributed by atoms with Gasteiger partial charge in [0.05, 0.1) is 15.4 Å². The number of pyridine rings is 1. The molecule has 0 saturated heterocycles. The van der Waals surface area contributed by atoms with Crippen LogP contribution in [0.3, 0.4) is 0 Å². The number of nitrogens with zero attached hydrogens (tertiary/aromatic N) is 1. The summed E-state index contributed by atoms with van der Waals surface area (Å²) in [5.41, 5.74) is 1.05. The van der Waals surface area contributed by atoms with Gasteiger partial charge in [0.2, 0.25) is 0 Å². The Hall–Kier alpha value is -0.320. The van der Waals surface area contributed by atoms with Crippen molar-refractivity contribution in [1.29, 1.82) is 0 Å². The molecule has 0 N–H and O–H groups in total. The standard InChI is InChI=1S/C9H10INO/c1-6-9(10)8(4-5-11-6)12-7-2-3-7/h4-5,7H,2-3H2,1H3. The van der Waals surface area contributed by atoms with Crippen molar-refractivity contribution in [3.8, 4) is 5.75 Å². The smallest absolute Gasteiger partial charge is 0.136 e. The van der Waals surface area contributed by atoms with E-state index >= 15 is 0 Å². The van der Waals surface area contributed by atoms with Crippen LogP contribution >= 0.6 is 22.6 Å². The van der Waals surface area contributed by atoms with Crippen LogP contribution in [0.1, 0.15) is 18.5 Å². The molecule has 0 radical (unpaired) electrons. The highest BCUT2D eigenvalue weighted by molar-refractivity contribution is 14.1. The maximum atomic E-state index is 5.69. The van der Waals surface area contributed by atoms with E-state index in [9.17, 15) is 0 Å². The summed E-state index contributed by atoms with van der Waals surface area (Å²) in [6, 6.07) is 1.94. The van der Waals surface area contributed by atoms with Crippen LogP contribution in [-0.4, -0.2) is 11.1 Å². The average Bonchev–Trinajstić information content (AvgIpc) is 2.83. The van der Waals surface area contributed by atoms with E-state index in [1.807, 2.05) is 13.0 Å². The number of aromatic nitrogens is 1. The molecule has 0 bridgehead atoms. The molecular weight excluding hydrogens is 265 g/mol. The van der Waals surface area contributed by atoms with E-state index < -0.39 is 0 Å². The molecule has 0 aliphatic heterocycles. The van der Waals surface area contributed by atoms with Crippen LogP contribution in [0, 0.1) is 10.5 Å². The van der Waals surface area contributed by atoms with Gasteiger partial charge in [-0.05, 0) is 48.4 Å². The highest BCUT2D eigenvalue weighted by Gasteiger charge is 2.24. The van der Waals surface area contributed by atoms with E-state index in [4.69, 9.17) is 4.74 Å². The predicted molar refractivity (Wildman–Crippen MR) is 55.3 cm³/mol. The Morgan fingerprint density at radius 1 is 1.58 bits per heavy atom. The number of hydrogen-bond donors (Lipinski definition) is 0. The summed E-state index contributed by atoms with van der Waals surface area (Å²) >= 11 is 2.28. The van der Waals surface area contributed by atoms with Crippen molar-refractivity contribution in [3.05, 3.63) is 21.5 Å². The van der Waals surface area contributed by atoms with Gasteiger partial charge in [-0.2, -0.15) is 0 Å². The lowest BCUT2D eigenvalue weighted by molar-refractivity contribution is 0.300. The second-order valence-electron chi connectivity index (χ2n) is 3.03. The SMILES string of the molecule is Cc1nccc(OC2CC2)c1I. The summed E-state index contributed by atoms with van der Waals surface area (Å²) in [6.07, 6.45) is 4.68. The molecule has 12 heavy (non-hydrogen) atoms. The Morgan fingerprint density at radius 3 is 3.00 bits per heavy atom. The van der Waals surface area contributed by atoms with Gasteiger partial charge in [0.15, 0.2) is 0 Å². The third kappa shape index (κ3) is 1.71. The number of ether oxygens (including phenoxy) is 1. The normalized spacial score (nSPS) is 16.2. The van der Waals surface area contributed by atoms with E-state index in [1.54, 1.807) is 6.20 Å². The molecule has 0 amide bonds. The van der Waals surface area contributed by atoms with Crippen LogP contribution in [0.25, 0.3) is 0 Å². The molecule has 1 heterocycles. The minimum atomic E-state index is 0.473. The summed E-state index contributed by atoms with van der Waals surface area (Å²) in [5, 5.41) is 0. The van der Waals surface area contributed by atoms with Crippen LogP contribution in [0.4, 0.5) is 0 Å². The Bertz CT molecular complexity index is 297. The molecule has 0 aromatic carbocycles. The topological polar surface area (TPSA) is 22.1 Å². The van der Waals surface area contributed by atoms with Gasteiger partial charge < -0.3 is 4.74 Å². The van der Waals surface area contributed by atoms with E-state index in [0.717, 1.165) is 15.0 Å². The van der Waals surface area contributed by atoms with Gasteiger partial charge in [-0.3, -0.25) is 4.98 Å². The van der Waals surface area contributed by atoms with Gasteiger partial charge in [-0.25, -0.2) is 0 Å². The maximum absolute atomic E-state index is 5.69. The summed E-state index contributed by atoms with van der Waals surface area (Å²) in [7, 11) is 0. The van der Waals surface area contributed by atoms with Crippen LogP contribution in [0.5, 0.6) is 5.75 Å². The van der Waals surface area contributed by atoms with Crippen LogP contribution in [0.15, 0.2) is 12.3 Å². The fraction of sp³-hybridized carbons (Fsp3) is 0.444. The van der Waals surface area contributed by atoms with Crippen LogP contribution in [-0.2, 0) is 0 Å². The molecular formula is C9H10INO. The molecule has 0 atom stereocenters. The molecule has 1 aromatic rings. The third-order valence-electron chi connectivity index (χ3n) is 1.85. The number of rotatable bonds is 2. The fourth-order valence-corrected chi connectivity index (χ4v) is 1.43. The molecule has 1 aliphatic carbocycles. The third-order valence-corrected chi connectivity index (χ3v) is 3.16. The van der Waals surface area contributed by atoms with Crippen molar-refractivity contribution in [2.75, 3.05) is 0 Å². The van der Waals surface area contributed by atoms with Gasteiger partial charge in [-0.1, -0.05) is 0 Å². The summed E-state index contributed by atoms with van der Waals surface area (Å²) in [5.74, 6) is 0.991. The summed E-state index contributed by atoms with van der Waals surface area (Å²) in [6.45, 7) is 2.00. The van der Waals surface area contributed by atoms with Crippen molar-refractivity contribution < 1.29 is 4.74 Å². The average molecular weight is 275 g/mol. The van der Waals surface area contributed by atoms with Gasteiger partial charge in [0, 0.05) is 6.20 Å². The molecule has 2 rings (SSSR count). The lowest BCUT2D eigenvalue weighted by Crippen LogP contribution is -1.99. The molecule has 3 heteroatoms. The molecule has 1 saturated carbocycles. The van der Waals surface area contributed by atoms with E-state index in [2.05, 4.69) is 27.6 Å². The minimum Gasteiger partial charge on any atom is -0.489 e. The number of aryl methyl sites for hydroxylation is 1. The van der Waals surface area contributed by atoms with E-state index in [1.165, 1.54) is 12.8 Å². The first-order valence-corrected chi connectivity index (χ1v) is 5.13. The monoisotopic (exact) mass is 275 g/mol. The summed E-state index contributed by atoms with van der Waals surface area (Å²) in [4.78, 5) is 4.18. The highest BCUT2D eigenvalue weighted by atomic mass is 127. The maximum Gasteiger partial charge on any atom is 0.136 e. The largest absolute Gasteiger partial charge is 0.489 e. The van der Waals surface area contributed by atoms with E-state index in [-0.39, 0.29) is 0 Å². The predicted octanol–water partition coefficient (Wildman–Crippen LogP) is 2.54. The minimum absolute atomic E-state index is 0.473. The molecule has 1 aromatic heterocycles. The molecule has 1 aliphatic rings. The second-order valence-corrected chi connectivity index (χ2v) is 4.10. The molecule has 0 unspecified atom stereocenters. The lowest BCUT2D eigenvalue weighted by Gasteiger charge is -2.07. The van der Waals surface area contributed by atoms with Crippen molar-refractivity contribution in [1.82, 2.24) is 4.98 Å². The van der Waals surface area contributed by atoms with Gasteiger partial charge in [0.1, 0.15) is 5.75 Å². The zero-order chi connectivity index (χ0) is 8.55. The number of halogens is 1. The van der Waals surface area contributed by atoms with Gasteiger partial charge in [0.25, 0.3) is 0 Å². The zero-order valence-corrected chi connectivity index (χ0v) is 9.04. The van der Waals surface area contributed by atoms with Crippen molar-refractivity contribution in [2.45, 2.75) is 25.9 Å². The summed E-state index contributed by atoms with van der Waals surface area (Å²) < 4.78 is 6.83. The highest BCUT2D eigenvalue weighted by Crippen LogP contribution is 2.30. The molecule has 1 fully saturated rings. The molecule has 64 valence electrons. The quantitative estimate of drug-likeness (QED) is 0.774. The zero-order valence-electron chi connectivity index (χ0n) is 6.88. The number of hydrogen-bond acceptors (Lipinski definition) is 2. The molecule has 2 nitrogen and oxygen atoms in total. The Labute approximate surface area is 85.5 Å². The first kappa shape index (κ1) is 8.29. The van der Waals surface area contributed by atoms with Crippen molar-refractivity contribution in [2.24, 2.45) is 0 Å². The Morgan fingerprint density at radius 2 is 2.33 bits per heavy atom. The Kier molecular flexibility index (Phi) is 2.21. The van der Waals surface area contributed by atoms with Crippen molar-refractivity contribution in [3.63, 3.8) is 0 Å². The van der Waals surface area contributed by atoms with Gasteiger partial charge >= 0.3 is 0 Å². The molecule has 0 spiro atoms. The van der Waals surface area contributed by atoms with Crippen LogP contribution < -0.4 is 4.74 Å². The second kappa shape index (κ2) is 3.20. The van der Waals surface area contributed by atoms with E-state index in [0.29, 0.717) is 6.10 Å². The first-order chi connectivity index (χ1) is 5.77. The van der Waals surface area contributed by atoms with Gasteiger partial charge in [-0.15, -0.1) is 0 Å². The lowest BCUT2D eigenvalue weighted by atomic mass is 10.3. The van der Waals surface area contributed by atoms with Crippen LogP contribution in [0.2, 0.25) is 0 Å². The Balaban J connectivity index is 2.23. The first-order valence-electron chi connectivity index (χ1n) is 4.05. The van der Waals surface area contributed by atoms with Crippen molar-refractivity contribution >= 4 is 22.6 Å².